The number of aromatic nitrogens is 2. The molecule has 5 rings (SSSR count). The maximum absolute atomic E-state index is 12.9. The Hall–Kier alpha value is -3.91. The van der Waals surface area contributed by atoms with Gasteiger partial charge in [-0.05, 0) is 65.7 Å². The number of nitrogens with zero attached hydrogens (tertiary/aromatic N) is 2. The molecule has 0 radical (unpaired) electrons. The van der Waals surface area contributed by atoms with Gasteiger partial charge in [0.15, 0.2) is 23.1 Å². The average molecular weight is 446 g/mol. The van der Waals surface area contributed by atoms with Gasteiger partial charge in [-0.15, -0.1) is 11.3 Å². The van der Waals surface area contributed by atoms with Crippen LogP contribution in [0.3, 0.4) is 0 Å². The van der Waals surface area contributed by atoms with E-state index >= 15 is 0 Å². The second-order valence-corrected chi connectivity index (χ2v) is 8.05. The molecule has 4 aromatic rings. The molecule has 0 aliphatic carbocycles. The third-order valence-corrected chi connectivity index (χ3v) is 5.94. The van der Waals surface area contributed by atoms with Gasteiger partial charge in [0.2, 0.25) is 0 Å². The van der Waals surface area contributed by atoms with Crippen LogP contribution in [0.15, 0.2) is 73.2 Å². The molecule has 0 saturated carbocycles. The van der Waals surface area contributed by atoms with E-state index in [0.717, 1.165) is 27.5 Å². The van der Waals surface area contributed by atoms with Gasteiger partial charge < -0.3 is 19.5 Å². The molecule has 1 aliphatic heterocycles. The molecule has 0 atom stereocenters. The Morgan fingerprint density at radius 1 is 1.00 bits per heavy atom. The van der Waals surface area contributed by atoms with E-state index in [-0.39, 0.29) is 5.91 Å². The lowest BCUT2D eigenvalue weighted by atomic mass is 10.1. The number of benzene rings is 1. The van der Waals surface area contributed by atoms with E-state index in [1.807, 2.05) is 36.4 Å². The summed E-state index contributed by atoms with van der Waals surface area (Å²) in [6.45, 7) is 1.44. The molecule has 8 heteroatoms. The number of carbonyl (C=O) groups is 1. The zero-order valence-corrected chi connectivity index (χ0v) is 17.8. The molecule has 1 amide bonds. The lowest BCUT2D eigenvalue weighted by Gasteiger charge is -2.18. The maximum atomic E-state index is 12.9. The lowest BCUT2D eigenvalue weighted by Crippen LogP contribution is -2.15. The van der Waals surface area contributed by atoms with Gasteiger partial charge >= 0.3 is 0 Å². The Morgan fingerprint density at radius 3 is 2.72 bits per heavy atom. The minimum absolute atomic E-state index is 0.244. The smallest absolute Gasteiger partial charge is 0.267 e. The van der Waals surface area contributed by atoms with E-state index in [2.05, 4.69) is 15.3 Å². The van der Waals surface area contributed by atoms with Crippen LogP contribution in [0.1, 0.15) is 15.2 Å². The summed E-state index contributed by atoms with van der Waals surface area (Å²) >= 11 is 1.40. The number of carbonyl (C=O) groups excluding carboxylic acids is 1. The number of anilines is 1. The highest BCUT2D eigenvalue weighted by atomic mass is 32.1. The summed E-state index contributed by atoms with van der Waals surface area (Å²) in [5.41, 5.74) is 1.95. The van der Waals surface area contributed by atoms with Crippen molar-refractivity contribution >= 4 is 23.1 Å². The normalized spacial score (nSPS) is 12.2. The molecule has 0 fully saturated rings. The second kappa shape index (κ2) is 9.07. The molecule has 0 unspecified atom stereocenters. The van der Waals surface area contributed by atoms with E-state index in [1.54, 1.807) is 36.8 Å². The number of fused-ring (bicyclic) bond motifs is 1. The molecule has 0 saturated heterocycles. The predicted molar refractivity (Wildman–Crippen MR) is 122 cm³/mol. The highest BCUT2D eigenvalue weighted by Gasteiger charge is 2.16. The predicted octanol–water partition coefficient (Wildman–Crippen LogP) is 4.81. The fraction of sp³-hybridized carbons (Fsp3) is 0.125. The van der Waals surface area contributed by atoms with Crippen LogP contribution in [0.2, 0.25) is 0 Å². The molecular formula is C24H19N3O4S. The summed E-state index contributed by atoms with van der Waals surface area (Å²) in [4.78, 5) is 22.7. The first-order valence-corrected chi connectivity index (χ1v) is 10.9. The second-order valence-electron chi connectivity index (χ2n) is 6.97. The summed E-state index contributed by atoms with van der Waals surface area (Å²) < 4.78 is 17.1. The first-order valence-electron chi connectivity index (χ1n) is 10.0. The molecule has 0 bridgehead atoms. The van der Waals surface area contributed by atoms with Crippen LogP contribution in [-0.2, 0) is 6.61 Å². The van der Waals surface area contributed by atoms with Crippen molar-refractivity contribution in [3.8, 4) is 27.7 Å². The van der Waals surface area contributed by atoms with E-state index in [0.29, 0.717) is 36.3 Å². The monoisotopic (exact) mass is 445 g/mol. The van der Waals surface area contributed by atoms with Gasteiger partial charge in [-0.25, -0.2) is 4.98 Å². The molecule has 3 aromatic heterocycles. The largest absolute Gasteiger partial charge is 0.486 e. The van der Waals surface area contributed by atoms with Crippen LogP contribution in [-0.4, -0.2) is 29.1 Å². The number of amides is 1. The van der Waals surface area contributed by atoms with Crippen LogP contribution < -0.4 is 19.5 Å². The molecule has 1 aromatic carbocycles. The van der Waals surface area contributed by atoms with Crippen molar-refractivity contribution in [1.82, 2.24) is 9.97 Å². The van der Waals surface area contributed by atoms with Crippen molar-refractivity contribution in [3.63, 3.8) is 0 Å². The van der Waals surface area contributed by atoms with E-state index in [1.165, 1.54) is 11.3 Å². The van der Waals surface area contributed by atoms with Crippen LogP contribution in [0.25, 0.3) is 10.4 Å². The Labute approximate surface area is 188 Å². The third-order valence-electron chi connectivity index (χ3n) is 4.80. The number of rotatable bonds is 6. The van der Waals surface area contributed by atoms with Crippen LogP contribution >= 0.6 is 11.3 Å². The SMILES string of the molecule is O=C(Nc1ncccc1OCc1ccncc1)c1ccc(-c2ccc3c(c2)OCCO3)s1. The zero-order chi connectivity index (χ0) is 21.8. The van der Waals surface area contributed by atoms with Gasteiger partial charge in [0.1, 0.15) is 19.8 Å². The van der Waals surface area contributed by atoms with Gasteiger partial charge in [-0.2, -0.15) is 0 Å². The highest BCUT2D eigenvalue weighted by Crippen LogP contribution is 2.37. The van der Waals surface area contributed by atoms with Crippen molar-refractivity contribution < 1.29 is 19.0 Å². The standard InChI is InChI=1S/C24H19N3O4S/c28-24(27-23-19(2-1-9-26-23)31-15-16-7-10-25-11-8-16)22-6-5-21(32-22)17-3-4-18-20(14-17)30-13-12-29-18/h1-11,14H,12-13,15H2,(H,26,27,28). The summed E-state index contributed by atoms with van der Waals surface area (Å²) in [5, 5.41) is 2.86. The summed E-state index contributed by atoms with van der Waals surface area (Å²) in [6.07, 6.45) is 5.03. The number of thiophene rings is 1. The number of ether oxygens (including phenoxy) is 3. The first kappa shape index (κ1) is 20.0. The Kier molecular flexibility index (Phi) is 5.67. The van der Waals surface area contributed by atoms with E-state index < -0.39 is 0 Å². The lowest BCUT2D eigenvalue weighted by molar-refractivity contribution is 0.102. The maximum Gasteiger partial charge on any atom is 0.267 e. The zero-order valence-electron chi connectivity index (χ0n) is 17.0. The first-order chi connectivity index (χ1) is 15.8. The van der Waals surface area contributed by atoms with Crippen LogP contribution in [0.5, 0.6) is 17.2 Å². The van der Waals surface area contributed by atoms with E-state index in [4.69, 9.17) is 14.2 Å². The van der Waals surface area contributed by atoms with Crippen molar-refractivity contribution in [2.75, 3.05) is 18.5 Å². The molecule has 7 nitrogen and oxygen atoms in total. The minimum atomic E-state index is -0.244. The summed E-state index contributed by atoms with van der Waals surface area (Å²) in [6, 6.07) is 16.8. The molecule has 160 valence electrons. The molecule has 32 heavy (non-hydrogen) atoms. The van der Waals surface area contributed by atoms with Crippen LogP contribution in [0.4, 0.5) is 5.82 Å². The van der Waals surface area contributed by atoms with Crippen LogP contribution in [0, 0.1) is 0 Å². The van der Waals surface area contributed by atoms with E-state index in [9.17, 15) is 4.79 Å². The fourth-order valence-electron chi connectivity index (χ4n) is 3.22. The van der Waals surface area contributed by atoms with Gasteiger partial charge in [0, 0.05) is 23.5 Å². The van der Waals surface area contributed by atoms with Crippen molar-refractivity contribution in [2.45, 2.75) is 6.61 Å². The third kappa shape index (κ3) is 4.40. The van der Waals surface area contributed by atoms with Gasteiger partial charge in [0.05, 0.1) is 4.88 Å². The number of nitrogens with one attached hydrogen (secondary N) is 1. The molecular weight excluding hydrogens is 426 g/mol. The number of hydrogen-bond acceptors (Lipinski definition) is 7. The number of hydrogen-bond donors (Lipinski definition) is 1. The van der Waals surface area contributed by atoms with Crippen molar-refractivity contribution in [1.29, 1.82) is 0 Å². The van der Waals surface area contributed by atoms with Gasteiger partial charge in [-0.3, -0.25) is 9.78 Å². The fourth-order valence-corrected chi connectivity index (χ4v) is 4.12. The van der Waals surface area contributed by atoms with Gasteiger partial charge in [-0.1, -0.05) is 0 Å². The molecule has 1 aliphatic rings. The summed E-state index contributed by atoms with van der Waals surface area (Å²) in [5.74, 6) is 2.09. The molecule has 0 spiro atoms. The quantitative estimate of drug-likeness (QED) is 0.459. The Bertz CT molecular complexity index is 1240. The topological polar surface area (TPSA) is 82.6 Å². The number of pyridine rings is 2. The Morgan fingerprint density at radius 2 is 1.84 bits per heavy atom. The highest BCUT2D eigenvalue weighted by molar-refractivity contribution is 7.17. The molecule has 1 N–H and O–H groups in total. The minimum Gasteiger partial charge on any atom is -0.486 e. The van der Waals surface area contributed by atoms with Gasteiger partial charge in [0.25, 0.3) is 5.91 Å². The average Bonchev–Trinajstić information content (AvgIpc) is 3.34. The van der Waals surface area contributed by atoms with Crippen molar-refractivity contribution in [2.24, 2.45) is 0 Å². The Balaban J connectivity index is 1.30. The molecule has 4 heterocycles. The summed E-state index contributed by atoms with van der Waals surface area (Å²) in [7, 11) is 0. The van der Waals surface area contributed by atoms with Crippen molar-refractivity contribution in [3.05, 3.63) is 83.6 Å².